The highest BCUT2D eigenvalue weighted by molar-refractivity contribution is 5.86. The molecule has 0 amide bonds. The molecule has 2 aromatic heterocycles. The molecule has 0 atom stereocenters. The fourth-order valence-electron chi connectivity index (χ4n) is 4.41. The summed E-state index contributed by atoms with van der Waals surface area (Å²) in [6, 6.07) is 29.8. The maximum Gasteiger partial charge on any atom is 0.0665 e. The van der Waals surface area contributed by atoms with Crippen molar-refractivity contribution in [2.24, 2.45) is 0 Å². The molecule has 4 aromatic carbocycles. The lowest BCUT2D eigenvalue weighted by atomic mass is 10.0. The molecular weight excluding hydrogens is 392 g/mol. The van der Waals surface area contributed by atoms with Gasteiger partial charge in [-0.2, -0.15) is 10.2 Å². The molecule has 0 saturated heterocycles. The summed E-state index contributed by atoms with van der Waals surface area (Å²) < 4.78 is 4.00. The molecule has 0 fully saturated rings. The van der Waals surface area contributed by atoms with E-state index in [-0.39, 0.29) is 0 Å². The molecule has 154 valence electrons. The van der Waals surface area contributed by atoms with Crippen molar-refractivity contribution in [3.05, 3.63) is 121 Å². The Kier molecular flexibility index (Phi) is 4.54. The van der Waals surface area contributed by atoms with Crippen LogP contribution in [0, 0.1) is 0 Å². The highest BCUT2D eigenvalue weighted by atomic mass is 15.3. The first-order valence-corrected chi connectivity index (χ1v) is 10.8. The first kappa shape index (κ1) is 18.6. The lowest BCUT2D eigenvalue weighted by molar-refractivity contribution is 0.690. The van der Waals surface area contributed by atoms with Crippen molar-refractivity contribution in [3.8, 4) is 11.1 Å². The van der Waals surface area contributed by atoms with E-state index in [0.717, 1.165) is 24.2 Å². The fourth-order valence-corrected chi connectivity index (χ4v) is 4.41. The minimum absolute atomic E-state index is 0.742. The molecule has 0 aliphatic carbocycles. The summed E-state index contributed by atoms with van der Waals surface area (Å²) in [5, 5.41) is 14.3. The van der Waals surface area contributed by atoms with E-state index < -0.39 is 0 Å². The van der Waals surface area contributed by atoms with E-state index in [2.05, 4.69) is 108 Å². The van der Waals surface area contributed by atoms with Crippen LogP contribution in [0.2, 0.25) is 0 Å². The Labute approximate surface area is 186 Å². The Morgan fingerprint density at radius 2 is 0.938 bits per heavy atom. The summed E-state index contributed by atoms with van der Waals surface area (Å²) in [5.74, 6) is 0. The number of hydrogen-bond acceptors (Lipinski definition) is 2. The highest BCUT2D eigenvalue weighted by Gasteiger charge is 2.08. The molecule has 0 aliphatic heterocycles. The van der Waals surface area contributed by atoms with E-state index in [9.17, 15) is 0 Å². The average Bonchev–Trinajstić information content (AvgIpc) is 3.49. The minimum atomic E-state index is 0.742. The number of fused-ring (bicyclic) bond motifs is 2. The van der Waals surface area contributed by atoms with Crippen molar-refractivity contribution in [3.63, 3.8) is 0 Å². The zero-order valence-electron chi connectivity index (χ0n) is 17.6. The van der Waals surface area contributed by atoms with Crippen molar-refractivity contribution in [2.45, 2.75) is 13.1 Å². The number of benzene rings is 4. The molecule has 2 heterocycles. The Balaban J connectivity index is 1.24. The molecule has 0 unspecified atom stereocenters. The minimum Gasteiger partial charge on any atom is -0.268 e. The summed E-state index contributed by atoms with van der Waals surface area (Å²) in [5.41, 5.74) is 4.69. The van der Waals surface area contributed by atoms with Crippen molar-refractivity contribution in [1.82, 2.24) is 19.6 Å². The standard InChI is InChI=1S/C28H22N4/c1-3-13-27-21(7-1)9-5-11-23(27)17-31-19-25(15-29-31)26-16-30-32(20-26)18-24-12-6-10-22-8-2-4-14-28(22)24/h1-16,19-20H,17-18H2. The van der Waals surface area contributed by atoms with E-state index in [4.69, 9.17) is 0 Å². The third-order valence-electron chi connectivity index (χ3n) is 6.02. The van der Waals surface area contributed by atoms with E-state index >= 15 is 0 Å². The predicted octanol–water partition coefficient (Wildman–Crippen LogP) is 6.15. The van der Waals surface area contributed by atoms with Gasteiger partial charge in [-0.3, -0.25) is 9.36 Å². The molecule has 0 bridgehead atoms. The fraction of sp³-hybridized carbons (Fsp3) is 0.0714. The smallest absolute Gasteiger partial charge is 0.0665 e. The SMILES string of the molecule is c1ccc2c(Cn3cc(-c4cnn(Cc5cccc6ccccc56)c4)cn3)cccc2c1. The number of rotatable bonds is 5. The van der Waals surface area contributed by atoms with Gasteiger partial charge in [-0.25, -0.2) is 0 Å². The largest absolute Gasteiger partial charge is 0.268 e. The van der Waals surface area contributed by atoms with E-state index in [0.29, 0.717) is 0 Å². The zero-order chi connectivity index (χ0) is 21.3. The number of hydrogen-bond donors (Lipinski definition) is 0. The van der Waals surface area contributed by atoms with Gasteiger partial charge in [0.1, 0.15) is 0 Å². The van der Waals surface area contributed by atoms with Gasteiger partial charge in [0, 0.05) is 23.5 Å². The third-order valence-corrected chi connectivity index (χ3v) is 6.02. The van der Waals surface area contributed by atoms with Gasteiger partial charge in [0.2, 0.25) is 0 Å². The quantitative estimate of drug-likeness (QED) is 0.339. The van der Waals surface area contributed by atoms with E-state index in [1.54, 1.807) is 0 Å². The molecule has 6 aromatic rings. The molecule has 4 heteroatoms. The van der Waals surface area contributed by atoms with Gasteiger partial charge in [-0.05, 0) is 32.7 Å². The summed E-state index contributed by atoms with van der Waals surface area (Å²) >= 11 is 0. The van der Waals surface area contributed by atoms with Crippen LogP contribution in [0.3, 0.4) is 0 Å². The van der Waals surface area contributed by atoms with Crippen molar-refractivity contribution >= 4 is 21.5 Å². The zero-order valence-corrected chi connectivity index (χ0v) is 17.6. The summed E-state index contributed by atoms with van der Waals surface area (Å²) in [6.07, 6.45) is 8.04. The van der Waals surface area contributed by atoms with E-state index in [1.807, 2.05) is 21.8 Å². The number of nitrogens with zero attached hydrogens (tertiary/aromatic N) is 4. The number of aromatic nitrogens is 4. The summed E-state index contributed by atoms with van der Waals surface area (Å²) in [6.45, 7) is 1.48. The van der Waals surface area contributed by atoms with E-state index in [1.165, 1.54) is 32.7 Å². The highest BCUT2D eigenvalue weighted by Crippen LogP contribution is 2.23. The van der Waals surface area contributed by atoms with Crippen molar-refractivity contribution in [2.75, 3.05) is 0 Å². The molecule has 0 aliphatic rings. The Morgan fingerprint density at radius 3 is 1.44 bits per heavy atom. The van der Waals surface area contributed by atoms with Crippen LogP contribution in [-0.2, 0) is 13.1 Å². The Morgan fingerprint density at radius 1 is 0.500 bits per heavy atom. The first-order chi connectivity index (χ1) is 15.8. The normalized spacial score (nSPS) is 11.4. The second kappa shape index (κ2) is 7.82. The van der Waals surface area contributed by atoms with Gasteiger partial charge in [0.15, 0.2) is 0 Å². The van der Waals surface area contributed by atoms with Gasteiger partial charge < -0.3 is 0 Å². The van der Waals surface area contributed by atoms with Crippen LogP contribution >= 0.6 is 0 Å². The second-order valence-electron chi connectivity index (χ2n) is 8.13. The molecule has 0 saturated carbocycles. The molecular formula is C28H22N4. The lowest BCUT2D eigenvalue weighted by Gasteiger charge is -2.06. The third kappa shape index (κ3) is 3.46. The molecule has 0 spiro atoms. The van der Waals surface area contributed by atoms with Crippen LogP contribution in [0.1, 0.15) is 11.1 Å². The molecule has 4 nitrogen and oxygen atoms in total. The summed E-state index contributed by atoms with van der Waals surface area (Å²) in [4.78, 5) is 0. The van der Waals surface area contributed by atoms with Gasteiger partial charge in [-0.15, -0.1) is 0 Å². The first-order valence-electron chi connectivity index (χ1n) is 10.8. The Bertz CT molecular complexity index is 1410. The van der Waals surface area contributed by atoms with Crippen LogP contribution < -0.4 is 0 Å². The van der Waals surface area contributed by atoms with Crippen LogP contribution in [0.25, 0.3) is 32.7 Å². The Hall–Kier alpha value is -4.18. The van der Waals surface area contributed by atoms with Gasteiger partial charge in [0.25, 0.3) is 0 Å². The van der Waals surface area contributed by atoms with Crippen LogP contribution in [0.5, 0.6) is 0 Å². The topological polar surface area (TPSA) is 35.6 Å². The van der Waals surface area contributed by atoms with Crippen molar-refractivity contribution < 1.29 is 0 Å². The van der Waals surface area contributed by atoms with Gasteiger partial charge in [0.05, 0.1) is 25.5 Å². The molecule has 0 N–H and O–H groups in total. The molecule has 0 radical (unpaired) electrons. The van der Waals surface area contributed by atoms with Crippen LogP contribution in [0.15, 0.2) is 110 Å². The lowest BCUT2D eigenvalue weighted by Crippen LogP contribution is -2.00. The van der Waals surface area contributed by atoms with Gasteiger partial charge in [-0.1, -0.05) is 84.9 Å². The second-order valence-corrected chi connectivity index (χ2v) is 8.13. The van der Waals surface area contributed by atoms with Gasteiger partial charge >= 0.3 is 0 Å². The maximum atomic E-state index is 4.61. The molecule has 6 rings (SSSR count). The maximum absolute atomic E-state index is 4.61. The van der Waals surface area contributed by atoms with Crippen LogP contribution in [0.4, 0.5) is 0 Å². The summed E-state index contributed by atoms with van der Waals surface area (Å²) in [7, 11) is 0. The van der Waals surface area contributed by atoms with Crippen LogP contribution in [-0.4, -0.2) is 19.6 Å². The van der Waals surface area contributed by atoms with Crippen molar-refractivity contribution in [1.29, 1.82) is 0 Å². The monoisotopic (exact) mass is 414 g/mol. The average molecular weight is 415 g/mol. The predicted molar refractivity (Wildman–Crippen MR) is 130 cm³/mol. The molecule has 32 heavy (non-hydrogen) atoms.